The molecule has 0 aliphatic rings. The third kappa shape index (κ3) is 4.54. The first-order valence-electron chi connectivity index (χ1n) is 8.88. The van der Waals surface area contributed by atoms with Gasteiger partial charge in [-0.05, 0) is 41.8 Å². The minimum Gasteiger partial charge on any atom is -0.507 e. The monoisotopic (exact) mass is 425 g/mol. The van der Waals surface area contributed by atoms with Crippen LogP contribution in [0.5, 0.6) is 11.5 Å². The molecule has 4 aromatic carbocycles. The van der Waals surface area contributed by atoms with E-state index in [0.29, 0.717) is 11.1 Å². The molecule has 29 heavy (non-hydrogen) atoms. The number of benzene rings is 4. The molecular weight excluding hydrogens is 407 g/mol. The van der Waals surface area contributed by atoms with Crippen LogP contribution >= 0.6 is 0 Å². The number of aliphatic imine (C=N–C) groups is 2. The van der Waals surface area contributed by atoms with E-state index in [2.05, 4.69) is 9.98 Å². The van der Waals surface area contributed by atoms with Crippen LogP contribution < -0.4 is 0 Å². The summed E-state index contributed by atoms with van der Waals surface area (Å²) in [5, 5.41) is 21.8. The van der Waals surface area contributed by atoms with E-state index in [1.54, 1.807) is 48.8 Å². The zero-order valence-electron chi connectivity index (χ0n) is 15.4. The van der Waals surface area contributed by atoms with E-state index < -0.39 is 0 Å². The van der Waals surface area contributed by atoms with Crippen molar-refractivity contribution < 1.29 is 27.0 Å². The molecule has 0 aliphatic carbocycles. The van der Waals surface area contributed by atoms with Crippen molar-refractivity contribution in [2.45, 2.75) is 0 Å². The quantitative estimate of drug-likeness (QED) is 0.409. The Bertz CT molecular complexity index is 1110. The zero-order valence-corrected chi connectivity index (χ0v) is 16.4. The number of hydrogen-bond acceptors (Lipinski definition) is 4. The van der Waals surface area contributed by atoms with E-state index >= 15 is 0 Å². The molecule has 1 radical (unpaired) electrons. The molecule has 0 atom stereocenters. The van der Waals surface area contributed by atoms with Crippen molar-refractivity contribution in [3.63, 3.8) is 0 Å². The Balaban J connectivity index is 0.00000240. The summed E-state index contributed by atoms with van der Waals surface area (Å²) in [6, 6.07) is 25.9. The van der Waals surface area contributed by atoms with Crippen molar-refractivity contribution in [2.24, 2.45) is 9.98 Å². The molecule has 0 fully saturated rings. The van der Waals surface area contributed by atoms with Gasteiger partial charge in [-0.1, -0.05) is 48.5 Å². The SMILES string of the molecule is Oc1ccccc1C=Nc1cccc2cccc(N=Cc3ccccc3O)c12.[Co]. The molecule has 4 aromatic rings. The normalized spacial score (nSPS) is 11.2. The van der Waals surface area contributed by atoms with Gasteiger partial charge in [0.1, 0.15) is 11.5 Å². The second kappa shape index (κ2) is 9.19. The summed E-state index contributed by atoms with van der Waals surface area (Å²) >= 11 is 0. The summed E-state index contributed by atoms with van der Waals surface area (Å²) in [6.07, 6.45) is 3.29. The third-order valence-corrected chi connectivity index (χ3v) is 4.42. The van der Waals surface area contributed by atoms with Gasteiger partial charge in [0.2, 0.25) is 0 Å². The summed E-state index contributed by atoms with van der Waals surface area (Å²) in [7, 11) is 0. The van der Waals surface area contributed by atoms with E-state index in [1.807, 2.05) is 48.5 Å². The molecular formula is C24H18CoN2O2. The third-order valence-electron chi connectivity index (χ3n) is 4.42. The van der Waals surface area contributed by atoms with Crippen LogP contribution in [0.4, 0.5) is 11.4 Å². The second-order valence-corrected chi connectivity index (χ2v) is 6.29. The van der Waals surface area contributed by atoms with Crippen LogP contribution in [-0.2, 0) is 16.8 Å². The topological polar surface area (TPSA) is 65.2 Å². The Morgan fingerprint density at radius 3 is 1.45 bits per heavy atom. The van der Waals surface area contributed by atoms with Gasteiger partial charge in [0.15, 0.2) is 0 Å². The van der Waals surface area contributed by atoms with Crippen LogP contribution in [0.15, 0.2) is 94.9 Å². The maximum Gasteiger partial charge on any atom is 0.124 e. The predicted octanol–water partition coefficient (Wildman–Crippen LogP) is 5.75. The first kappa shape index (κ1) is 20.3. The average Bonchev–Trinajstić information content (AvgIpc) is 2.72. The van der Waals surface area contributed by atoms with E-state index in [4.69, 9.17) is 0 Å². The molecule has 0 spiro atoms. The number of fused-ring (bicyclic) bond motifs is 1. The Hall–Kier alpha value is -3.41. The van der Waals surface area contributed by atoms with Gasteiger partial charge >= 0.3 is 0 Å². The van der Waals surface area contributed by atoms with Crippen molar-refractivity contribution in [3.8, 4) is 11.5 Å². The van der Waals surface area contributed by atoms with Gasteiger partial charge in [0.05, 0.1) is 11.4 Å². The number of para-hydroxylation sites is 2. The first-order valence-corrected chi connectivity index (χ1v) is 8.88. The summed E-state index contributed by atoms with van der Waals surface area (Å²) in [5.74, 6) is 0.369. The van der Waals surface area contributed by atoms with E-state index in [0.717, 1.165) is 22.1 Å². The molecule has 4 nitrogen and oxygen atoms in total. The predicted molar refractivity (Wildman–Crippen MR) is 115 cm³/mol. The number of phenols is 2. The van der Waals surface area contributed by atoms with Crippen LogP contribution in [0, 0.1) is 0 Å². The van der Waals surface area contributed by atoms with Crippen LogP contribution in [0.25, 0.3) is 10.8 Å². The van der Waals surface area contributed by atoms with Crippen molar-refractivity contribution in [1.29, 1.82) is 0 Å². The minimum atomic E-state index is 0. The number of aromatic hydroxyl groups is 2. The summed E-state index contributed by atoms with van der Waals surface area (Å²) in [5.41, 5.74) is 2.81. The van der Waals surface area contributed by atoms with Crippen molar-refractivity contribution in [1.82, 2.24) is 0 Å². The Labute approximate surface area is 179 Å². The van der Waals surface area contributed by atoms with Gasteiger partial charge in [-0.15, -0.1) is 0 Å². The molecule has 2 N–H and O–H groups in total. The molecule has 4 rings (SSSR count). The summed E-state index contributed by atoms with van der Waals surface area (Å²) in [4.78, 5) is 9.18. The average molecular weight is 425 g/mol. The fourth-order valence-electron chi connectivity index (χ4n) is 2.99. The Kier molecular flexibility index (Phi) is 6.44. The van der Waals surface area contributed by atoms with Crippen LogP contribution in [0.3, 0.4) is 0 Å². The largest absolute Gasteiger partial charge is 0.507 e. The number of nitrogens with zero attached hydrogens (tertiary/aromatic N) is 2. The zero-order chi connectivity index (χ0) is 19.3. The molecule has 145 valence electrons. The molecule has 0 amide bonds. The van der Waals surface area contributed by atoms with Crippen molar-refractivity contribution in [2.75, 3.05) is 0 Å². The molecule has 0 saturated carbocycles. The number of rotatable bonds is 4. The van der Waals surface area contributed by atoms with Crippen LogP contribution in [0.2, 0.25) is 0 Å². The van der Waals surface area contributed by atoms with Gasteiger partial charge in [-0.25, -0.2) is 0 Å². The fourth-order valence-corrected chi connectivity index (χ4v) is 2.99. The van der Waals surface area contributed by atoms with E-state index in [1.165, 1.54) is 0 Å². The Morgan fingerprint density at radius 1 is 0.552 bits per heavy atom. The first-order chi connectivity index (χ1) is 13.7. The molecule has 0 bridgehead atoms. The smallest absolute Gasteiger partial charge is 0.124 e. The van der Waals surface area contributed by atoms with Crippen LogP contribution in [-0.4, -0.2) is 22.6 Å². The number of hydrogen-bond donors (Lipinski definition) is 2. The van der Waals surface area contributed by atoms with Crippen molar-refractivity contribution >= 4 is 34.6 Å². The van der Waals surface area contributed by atoms with Gasteiger partial charge in [0, 0.05) is 45.7 Å². The van der Waals surface area contributed by atoms with Gasteiger partial charge in [0.25, 0.3) is 0 Å². The number of phenolic OH excluding ortho intramolecular Hbond substituents is 2. The standard InChI is InChI=1S/C24H18N2O2.Co/c27-22-13-3-1-7-18(22)15-25-20-11-5-9-17-10-6-12-21(24(17)20)26-16-19-8-2-4-14-23(19)28;/h1-16,27-28H;. The van der Waals surface area contributed by atoms with E-state index in [9.17, 15) is 10.2 Å². The van der Waals surface area contributed by atoms with Gasteiger partial charge in [-0.2, -0.15) is 0 Å². The minimum absolute atomic E-state index is 0. The van der Waals surface area contributed by atoms with E-state index in [-0.39, 0.29) is 28.3 Å². The summed E-state index contributed by atoms with van der Waals surface area (Å²) in [6.45, 7) is 0. The maximum atomic E-state index is 9.95. The summed E-state index contributed by atoms with van der Waals surface area (Å²) < 4.78 is 0. The molecule has 5 heteroatoms. The molecule has 0 unspecified atom stereocenters. The molecule has 0 saturated heterocycles. The Morgan fingerprint density at radius 2 is 1.00 bits per heavy atom. The van der Waals surface area contributed by atoms with Crippen LogP contribution in [0.1, 0.15) is 11.1 Å². The fraction of sp³-hybridized carbons (Fsp3) is 0. The second-order valence-electron chi connectivity index (χ2n) is 6.29. The molecule has 0 aromatic heterocycles. The van der Waals surface area contributed by atoms with Gasteiger partial charge in [-0.3, -0.25) is 9.98 Å². The van der Waals surface area contributed by atoms with Crippen molar-refractivity contribution in [3.05, 3.63) is 96.1 Å². The molecule has 0 aliphatic heterocycles. The molecule has 0 heterocycles. The maximum absolute atomic E-state index is 9.95. The van der Waals surface area contributed by atoms with Gasteiger partial charge < -0.3 is 10.2 Å².